The first kappa shape index (κ1) is 15.9. The molecular weight excluding hydrogens is 280 g/mol. The lowest BCUT2D eigenvalue weighted by molar-refractivity contribution is -0.117. The molecule has 0 unspecified atom stereocenters. The van der Waals surface area contributed by atoms with Crippen molar-refractivity contribution >= 4 is 11.5 Å². The average Bonchev–Trinajstić information content (AvgIpc) is 2.45. The number of anilines is 1. The Hall–Kier alpha value is -2.48. The summed E-state index contributed by atoms with van der Waals surface area (Å²) in [6.45, 7) is 4.03. The van der Waals surface area contributed by atoms with Gasteiger partial charge in [-0.25, -0.2) is 0 Å². The van der Waals surface area contributed by atoms with E-state index < -0.39 is 0 Å². The molecule has 0 saturated heterocycles. The molecule has 0 saturated carbocycles. The zero-order chi connectivity index (χ0) is 16.3. The van der Waals surface area contributed by atoms with Gasteiger partial charge in [-0.1, -0.05) is 13.8 Å². The molecule has 2 rings (SSSR count). The van der Waals surface area contributed by atoms with E-state index in [4.69, 9.17) is 9.47 Å². The number of rotatable bonds is 4. The van der Waals surface area contributed by atoms with Gasteiger partial charge in [0.1, 0.15) is 23.1 Å². The maximum atomic E-state index is 12.1. The van der Waals surface area contributed by atoms with Gasteiger partial charge in [0.05, 0.1) is 19.9 Å². The van der Waals surface area contributed by atoms with Crippen LogP contribution in [0.1, 0.15) is 26.7 Å². The Morgan fingerprint density at radius 3 is 2.55 bits per heavy atom. The van der Waals surface area contributed by atoms with E-state index in [1.54, 1.807) is 32.4 Å². The SMILES string of the molecule is COc1ccc(OC)c(NC2=C(C#N)C(=O)CC(C)(C)C2)c1. The first-order valence-corrected chi connectivity index (χ1v) is 7.05. The van der Waals surface area contributed by atoms with E-state index in [0.29, 0.717) is 35.7 Å². The van der Waals surface area contributed by atoms with Gasteiger partial charge in [0, 0.05) is 18.2 Å². The van der Waals surface area contributed by atoms with Crippen LogP contribution in [0.5, 0.6) is 11.5 Å². The van der Waals surface area contributed by atoms with Gasteiger partial charge in [0.2, 0.25) is 0 Å². The second-order valence-corrected chi connectivity index (χ2v) is 6.10. The lowest BCUT2D eigenvalue weighted by Gasteiger charge is -2.31. The molecule has 22 heavy (non-hydrogen) atoms. The third-order valence-electron chi connectivity index (χ3n) is 3.68. The predicted molar refractivity (Wildman–Crippen MR) is 83.8 cm³/mol. The number of allylic oxidation sites excluding steroid dienone is 2. The molecule has 5 nitrogen and oxygen atoms in total. The number of benzene rings is 1. The number of hydrogen-bond donors (Lipinski definition) is 1. The number of ketones is 1. The average molecular weight is 300 g/mol. The fourth-order valence-electron chi connectivity index (χ4n) is 2.63. The molecule has 0 amide bonds. The topological polar surface area (TPSA) is 71.3 Å². The van der Waals surface area contributed by atoms with E-state index in [1.165, 1.54) is 0 Å². The van der Waals surface area contributed by atoms with Crippen LogP contribution in [-0.2, 0) is 4.79 Å². The number of methoxy groups -OCH3 is 2. The van der Waals surface area contributed by atoms with Crippen molar-refractivity contribution in [1.82, 2.24) is 0 Å². The van der Waals surface area contributed by atoms with Crippen LogP contribution in [0.4, 0.5) is 5.69 Å². The molecule has 0 aliphatic heterocycles. The molecule has 1 aromatic rings. The third kappa shape index (κ3) is 3.22. The molecule has 1 aromatic carbocycles. The van der Waals surface area contributed by atoms with Crippen LogP contribution in [0.2, 0.25) is 0 Å². The van der Waals surface area contributed by atoms with E-state index in [9.17, 15) is 10.1 Å². The highest BCUT2D eigenvalue weighted by Gasteiger charge is 2.33. The summed E-state index contributed by atoms with van der Waals surface area (Å²) in [7, 11) is 3.15. The van der Waals surface area contributed by atoms with Crippen molar-refractivity contribution in [2.45, 2.75) is 26.7 Å². The van der Waals surface area contributed by atoms with Gasteiger partial charge < -0.3 is 14.8 Å². The summed E-state index contributed by atoms with van der Waals surface area (Å²) in [5, 5.41) is 12.5. The lowest BCUT2D eigenvalue weighted by atomic mass is 9.76. The highest BCUT2D eigenvalue weighted by molar-refractivity contribution is 6.01. The zero-order valence-corrected chi connectivity index (χ0v) is 13.3. The lowest BCUT2D eigenvalue weighted by Crippen LogP contribution is -2.28. The Balaban J connectivity index is 2.43. The molecule has 116 valence electrons. The van der Waals surface area contributed by atoms with Crippen molar-refractivity contribution in [1.29, 1.82) is 5.26 Å². The fraction of sp³-hybridized carbons (Fsp3) is 0.412. The summed E-state index contributed by atoms with van der Waals surface area (Å²) in [6, 6.07) is 7.38. The van der Waals surface area contributed by atoms with Crippen LogP contribution in [0, 0.1) is 16.7 Å². The molecule has 0 fully saturated rings. The molecule has 1 N–H and O–H groups in total. The highest BCUT2D eigenvalue weighted by Crippen LogP contribution is 2.39. The minimum Gasteiger partial charge on any atom is -0.497 e. The van der Waals surface area contributed by atoms with Gasteiger partial charge in [0.25, 0.3) is 0 Å². The Morgan fingerprint density at radius 2 is 1.95 bits per heavy atom. The minimum absolute atomic E-state index is 0.122. The summed E-state index contributed by atoms with van der Waals surface area (Å²) < 4.78 is 10.5. The molecule has 0 spiro atoms. The summed E-state index contributed by atoms with van der Waals surface area (Å²) in [4.78, 5) is 12.1. The van der Waals surface area contributed by atoms with Gasteiger partial charge in [-0.2, -0.15) is 5.26 Å². The van der Waals surface area contributed by atoms with E-state index >= 15 is 0 Å². The Labute approximate surface area is 130 Å². The molecule has 0 bridgehead atoms. The van der Waals surface area contributed by atoms with Gasteiger partial charge in [-0.05, 0) is 24.0 Å². The van der Waals surface area contributed by atoms with Crippen molar-refractivity contribution in [2.75, 3.05) is 19.5 Å². The number of hydrogen-bond acceptors (Lipinski definition) is 5. The molecule has 0 aromatic heterocycles. The number of ether oxygens (including phenoxy) is 2. The molecule has 0 atom stereocenters. The molecular formula is C17H20N2O3. The highest BCUT2D eigenvalue weighted by atomic mass is 16.5. The van der Waals surface area contributed by atoms with Crippen LogP contribution in [0.25, 0.3) is 0 Å². The van der Waals surface area contributed by atoms with Crippen LogP contribution in [0.15, 0.2) is 29.5 Å². The van der Waals surface area contributed by atoms with Gasteiger partial charge in [0.15, 0.2) is 5.78 Å². The number of nitriles is 1. The summed E-state index contributed by atoms with van der Waals surface area (Å²) in [5.41, 5.74) is 1.33. The second-order valence-electron chi connectivity index (χ2n) is 6.10. The number of nitrogens with zero attached hydrogens (tertiary/aromatic N) is 1. The maximum Gasteiger partial charge on any atom is 0.175 e. The fourth-order valence-corrected chi connectivity index (χ4v) is 2.63. The van der Waals surface area contributed by atoms with Crippen molar-refractivity contribution in [3.63, 3.8) is 0 Å². The minimum atomic E-state index is -0.175. The molecule has 5 heteroatoms. The predicted octanol–water partition coefficient (Wildman–Crippen LogP) is 3.28. The molecule has 0 heterocycles. The van der Waals surface area contributed by atoms with Gasteiger partial charge in [-0.3, -0.25) is 4.79 Å². The van der Waals surface area contributed by atoms with Crippen LogP contribution >= 0.6 is 0 Å². The standard InChI is InChI=1S/C17H20N2O3/c1-17(2)8-14(12(10-18)15(20)9-17)19-13-7-11(21-3)5-6-16(13)22-4/h5-7,19H,8-9H2,1-4H3. The molecule has 1 aliphatic rings. The van der Waals surface area contributed by atoms with Crippen molar-refractivity contribution < 1.29 is 14.3 Å². The second kappa shape index (κ2) is 6.10. The van der Waals surface area contributed by atoms with E-state index in [-0.39, 0.29) is 16.8 Å². The summed E-state index contributed by atoms with van der Waals surface area (Å²) in [5.74, 6) is 1.17. The first-order chi connectivity index (χ1) is 10.4. The Kier molecular flexibility index (Phi) is 4.41. The van der Waals surface area contributed by atoms with Crippen LogP contribution < -0.4 is 14.8 Å². The number of carbonyl (C=O) groups is 1. The monoisotopic (exact) mass is 300 g/mol. The summed E-state index contributed by atoms with van der Waals surface area (Å²) in [6.07, 6.45) is 1.01. The number of nitrogens with one attached hydrogen (secondary N) is 1. The van der Waals surface area contributed by atoms with E-state index in [0.717, 1.165) is 0 Å². The van der Waals surface area contributed by atoms with E-state index in [2.05, 4.69) is 5.32 Å². The number of carbonyl (C=O) groups excluding carboxylic acids is 1. The maximum absolute atomic E-state index is 12.1. The van der Waals surface area contributed by atoms with Crippen LogP contribution in [0.3, 0.4) is 0 Å². The Morgan fingerprint density at radius 1 is 1.23 bits per heavy atom. The first-order valence-electron chi connectivity index (χ1n) is 7.05. The van der Waals surface area contributed by atoms with Crippen molar-refractivity contribution in [3.05, 3.63) is 29.5 Å². The third-order valence-corrected chi connectivity index (χ3v) is 3.68. The normalized spacial score (nSPS) is 17.0. The van der Waals surface area contributed by atoms with Crippen LogP contribution in [-0.4, -0.2) is 20.0 Å². The van der Waals surface area contributed by atoms with Crippen molar-refractivity contribution in [3.8, 4) is 17.6 Å². The smallest absolute Gasteiger partial charge is 0.175 e. The zero-order valence-electron chi connectivity index (χ0n) is 13.3. The van der Waals surface area contributed by atoms with Gasteiger partial charge >= 0.3 is 0 Å². The van der Waals surface area contributed by atoms with E-state index in [1.807, 2.05) is 19.9 Å². The summed E-state index contributed by atoms with van der Waals surface area (Å²) >= 11 is 0. The number of Topliss-reactive ketones (excluding diaryl/α,β-unsaturated/α-hetero) is 1. The Bertz CT molecular complexity index is 669. The van der Waals surface area contributed by atoms with Gasteiger partial charge in [-0.15, -0.1) is 0 Å². The largest absolute Gasteiger partial charge is 0.497 e. The molecule has 1 aliphatic carbocycles. The van der Waals surface area contributed by atoms with Crippen molar-refractivity contribution in [2.24, 2.45) is 5.41 Å². The molecule has 0 radical (unpaired) electrons. The quantitative estimate of drug-likeness (QED) is 0.924.